The van der Waals surface area contributed by atoms with Crippen molar-refractivity contribution in [3.63, 3.8) is 0 Å². The first-order chi connectivity index (χ1) is 13.5. The summed E-state index contributed by atoms with van der Waals surface area (Å²) in [5, 5.41) is 6.15. The Labute approximate surface area is 166 Å². The van der Waals surface area contributed by atoms with Gasteiger partial charge in [0, 0.05) is 5.56 Å². The molecule has 0 saturated heterocycles. The number of urea groups is 1. The second-order valence-electron chi connectivity index (χ2n) is 7.04. The molecule has 1 saturated carbocycles. The highest BCUT2D eigenvalue weighted by Gasteiger charge is 2.33. The van der Waals surface area contributed by atoms with Crippen molar-refractivity contribution in [3.05, 3.63) is 53.6 Å². The number of nitrogens with one attached hydrogen (secondary N) is 2. The molecule has 6 heteroatoms. The fourth-order valence-electron chi connectivity index (χ4n) is 3.35. The first-order valence-electron chi connectivity index (χ1n) is 9.48. The van der Waals surface area contributed by atoms with Crippen LogP contribution < -0.4 is 24.8 Å². The van der Waals surface area contributed by atoms with Gasteiger partial charge < -0.3 is 24.8 Å². The van der Waals surface area contributed by atoms with Crippen LogP contribution in [0, 0.1) is 5.92 Å². The first-order valence-corrected chi connectivity index (χ1v) is 9.48. The van der Waals surface area contributed by atoms with E-state index in [9.17, 15) is 4.79 Å². The maximum atomic E-state index is 12.7. The number of amides is 2. The largest absolute Gasteiger partial charge is 0.497 e. The Kier molecular flexibility index (Phi) is 6.29. The number of carbonyl (C=O) groups excluding carboxylic acids is 1. The van der Waals surface area contributed by atoms with Crippen molar-refractivity contribution < 1.29 is 19.0 Å². The smallest absolute Gasteiger partial charge is 0.315 e. The highest BCUT2D eigenvalue weighted by Crippen LogP contribution is 2.41. The van der Waals surface area contributed by atoms with Crippen LogP contribution in [-0.2, 0) is 0 Å². The fraction of sp³-hybridized carbons (Fsp3) is 0.409. The summed E-state index contributed by atoms with van der Waals surface area (Å²) >= 11 is 0. The molecule has 2 aromatic rings. The Hall–Kier alpha value is -2.89. The first kappa shape index (κ1) is 19.9. The minimum absolute atomic E-state index is 0.00897. The van der Waals surface area contributed by atoms with Crippen LogP contribution in [0.1, 0.15) is 43.0 Å². The van der Waals surface area contributed by atoms with E-state index in [1.54, 1.807) is 21.3 Å². The molecule has 6 nitrogen and oxygen atoms in total. The predicted molar refractivity (Wildman–Crippen MR) is 108 cm³/mol. The van der Waals surface area contributed by atoms with Crippen molar-refractivity contribution in [2.75, 3.05) is 21.3 Å². The van der Waals surface area contributed by atoms with E-state index in [-0.39, 0.29) is 18.1 Å². The zero-order valence-electron chi connectivity index (χ0n) is 16.8. The minimum Gasteiger partial charge on any atom is -0.497 e. The van der Waals surface area contributed by atoms with Gasteiger partial charge in [-0.1, -0.05) is 12.1 Å². The van der Waals surface area contributed by atoms with E-state index in [4.69, 9.17) is 14.2 Å². The topological polar surface area (TPSA) is 68.8 Å². The molecule has 0 spiro atoms. The number of hydrogen-bond donors (Lipinski definition) is 2. The van der Waals surface area contributed by atoms with Gasteiger partial charge in [0.2, 0.25) is 0 Å². The molecule has 2 aromatic carbocycles. The molecule has 0 aliphatic heterocycles. The Morgan fingerprint density at radius 3 is 2.14 bits per heavy atom. The number of carbonyl (C=O) groups is 1. The molecule has 2 unspecified atom stereocenters. The van der Waals surface area contributed by atoms with Crippen LogP contribution in [0.4, 0.5) is 4.79 Å². The maximum Gasteiger partial charge on any atom is 0.315 e. The number of hydrogen-bond acceptors (Lipinski definition) is 4. The van der Waals surface area contributed by atoms with E-state index in [2.05, 4.69) is 10.6 Å². The molecule has 2 N–H and O–H groups in total. The molecule has 2 amide bonds. The van der Waals surface area contributed by atoms with Crippen LogP contribution in [-0.4, -0.2) is 27.4 Å². The summed E-state index contributed by atoms with van der Waals surface area (Å²) in [5.41, 5.74) is 1.95. The highest BCUT2D eigenvalue weighted by molar-refractivity contribution is 5.75. The number of benzene rings is 2. The number of rotatable bonds is 8. The van der Waals surface area contributed by atoms with Gasteiger partial charge in [0.25, 0.3) is 0 Å². The Morgan fingerprint density at radius 1 is 0.929 bits per heavy atom. The standard InChI is InChI=1S/C22H28N2O4/c1-14(19-13-18(27-3)11-12-20(19)28-4)23-22(25)24-21(15-5-6-15)16-7-9-17(26-2)10-8-16/h7-15,21H,5-6H2,1-4H3,(H2,23,24,25). The normalized spacial score (nSPS) is 15.3. The molecular weight excluding hydrogens is 356 g/mol. The van der Waals surface area contributed by atoms with Gasteiger partial charge in [-0.2, -0.15) is 0 Å². The van der Waals surface area contributed by atoms with E-state index < -0.39 is 0 Å². The molecule has 0 aromatic heterocycles. The lowest BCUT2D eigenvalue weighted by Crippen LogP contribution is -2.40. The zero-order chi connectivity index (χ0) is 20.1. The lowest BCUT2D eigenvalue weighted by molar-refractivity contribution is 0.232. The molecule has 28 heavy (non-hydrogen) atoms. The molecule has 1 aliphatic carbocycles. The van der Waals surface area contributed by atoms with Crippen LogP contribution in [0.3, 0.4) is 0 Å². The summed E-state index contributed by atoms with van der Waals surface area (Å²) in [4.78, 5) is 12.7. The average molecular weight is 384 g/mol. The Morgan fingerprint density at radius 2 is 1.57 bits per heavy atom. The van der Waals surface area contributed by atoms with Gasteiger partial charge in [-0.05, 0) is 61.6 Å². The lowest BCUT2D eigenvalue weighted by Gasteiger charge is -2.23. The molecule has 1 fully saturated rings. The second-order valence-corrected chi connectivity index (χ2v) is 7.04. The van der Waals surface area contributed by atoms with Crippen LogP contribution in [0.2, 0.25) is 0 Å². The summed E-state index contributed by atoms with van der Waals surface area (Å²) in [6, 6.07) is 13.0. The van der Waals surface area contributed by atoms with Crippen LogP contribution in [0.15, 0.2) is 42.5 Å². The highest BCUT2D eigenvalue weighted by atomic mass is 16.5. The molecule has 1 aliphatic rings. The van der Waals surface area contributed by atoms with E-state index in [0.29, 0.717) is 11.7 Å². The van der Waals surface area contributed by atoms with Crippen LogP contribution >= 0.6 is 0 Å². The summed E-state index contributed by atoms with van der Waals surface area (Å²) in [6.07, 6.45) is 2.24. The summed E-state index contributed by atoms with van der Waals surface area (Å²) < 4.78 is 16.0. The van der Waals surface area contributed by atoms with Crippen molar-refractivity contribution in [2.45, 2.75) is 31.8 Å². The van der Waals surface area contributed by atoms with Crippen molar-refractivity contribution in [1.82, 2.24) is 10.6 Å². The van der Waals surface area contributed by atoms with Gasteiger partial charge in [0.1, 0.15) is 17.2 Å². The quantitative estimate of drug-likeness (QED) is 0.715. The Balaban J connectivity index is 1.69. The third-order valence-corrected chi connectivity index (χ3v) is 5.11. The van der Waals surface area contributed by atoms with Crippen molar-refractivity contribution >= 4 is 6.03 Å². The third kappa shape index (κ3) is 4.68. The van der Waals surface area contributed by atoms with Gasteiger partial charge in [-0.25, -0.2) is 4.79 Å². The van der Waals surface area contributed by atoms with Gasteiger partial charge >= 0.3 is 6.03 Å². The van der Waals surface area contributed by atoms with Gasteiger partial charge in [0.15, 0.2) is 0 Å². The number of methoxy groups -OCH3 is 3. The lowest BCUT2D eigenvalue weighted by atomic mass is 10.0. The minimum atomic E-state index is -0.235. The van der Waals surface area contributed by atoms with Gasteiger partial charge in [-0.3, -0.25) is 0 Å². The third-order valence-electron chi connectivity index (χ3n) is 5.11. The molecule has 3 rings (SSSR count). The molecule has 0 bridgehead atoms. The second kappa shape index (κ2) is 8.87. The number of ether oxygens (including phenoxy) is 3. The SMILES string of the molecule is COc1ccc(C(NC(=O)NC(C)c2cc(OC)ccc2OC)C2CC2)cc1. The van der Waals surface area contributed by atoms with E-state index in [1.165, 1.54) is 0 Å². The van der Waals surface area contributed by atoms with Crippen molar-refractivity contribution in [1.29, 1.82) is 0 Å². The van der Waals surface area contributed by atoms with Gasteiger partial charge in [0.05, 0.1) is 33.4 Å². The van der Waals surface area contributed by atoms with Crippen molar-refractivity contribution in [3.8, 4) is 17.2 Å². The van der Waals surface area contributed by atoms with Gasteiger partial charge in [-0.15, -0.1) is 0 Å². The van der Waals surface area contributed by atoms with Crippen LogP contribution in [0.25, 0.3) is 0 Å². The molecule has 0 radical (unpaired) electrons. The predicted octanol–water partition coefficient (Wildman–Crippen LogP) is 4.22. The average Bonchev–Trinajstić information content (AvgIpc) is 3.56. The molecule has 150 valence electrons. The monoisotopic (exact) mass is 384 g/mol. The maximum absolute atomic E-state index is 12.7. The van der Waals surface area contributed by atoms with Crippen molar-refractivity contribution in [2.24, 2.45) is 5.92 Å². The summed E-state index contributed by atoms with van der Waals surface area (Å²) in [7, 11) is 4.88. The molecular formula is C22H28N2O4. The van der Waals surface area contributed by atoms with Crippen LogP contribution in [0.5, 0.6) is 17.2 Å². The molecule has 0 heterocycles. The summed E-state index contributed by atoms with van der Waals surface area (Å²) in [6.45, 7) is 1.93. The fourth-order valence-corrected chi connectivity index (χ4v) is 3.35. The van der Waals surface area contributed by atoms with E-state index in [1.807, 2.05) is 49.4 Å². The Bertz CT molecular complexity index is 803. The zero-order valence-corrected chi connectivity index (χ0v) is 16.8. The van der Waals surface area contributed by atoms with E-state index >= 15 is 0 Å². The summed E-state index contributed by atoms with van der Waals surface area (Å²) in [5.74, 6) is 2.71. The molecule has 2 atom stereocenters. The van der Waals surface area contributed by atoms with E-state index in [0.717, 1.165) is 35.5 Å².